The van der Waals surface area contributed by atoms with Crippen LogP contribution in [0.4, 0.5) is 17.1 Å². The van der Waals surface area contributed by atoms with E-state index in [-0.39, 0.29) is 5.56 Å². The van der Waals surface area contributed by atoms with Crippen molar-refractivity contribution in [1.82, 2.24) is 4.90 Å². The maximum atomic E-state index is 12.8. The van der Waals surface area contributed by atoms with Gasteiger partial charge in [0.25, 0.3) is 5.91 Å². The van der Waals surface area contributed by atoms with Gasteiger partial charge in [-0.1, -0.05) is 0 Å². The minimum Gasteiger partial charge on any atom is -0.422 e. The summed E-state index contributed by atoms with van der Waals surface area (Å²) in [7, 11) is 4.22. The topological polar surface area (TPSA) is 69.0 Å². The van der Waals surface area contributed by atoms with Gasteiger partial charge in [0.1, 0.15) is 11.1 Å². The van der Waals surface area contributed by atoms with Gasteiger partial charge in [-0.05, 0) is 76.8 Å². The fraction of sp³-hybridized carbons (Fsp3) is 0.385. The SMILES string of the molecule is CCN(CC)c1ccc2cc(C(=O)Nc3ccc(N4CCC(N(C)C)C4)cc3)c(=O)oc2c1. The van der Waals surface area contributed by atoms with Crippen molar-refractivity contribution in [2.24, 2.45) is 0 Å². The van der Waals surface area contributed by atoms with E-state index in [2.05, 4.69) is 48.0 Å². The van der Waals surface area contributed by atoms with Crippen LogP contribution in [0.25, 0.3) is 11.0 Å². The highest BCUT2D eigenvalue weighted by molar-refractivity contribution is 6.05. The molecule has 1 aliphatic rings. The molecule has 1 N–H and O–H groups in total. The summed E-state index contributed by atoms with van der Waals surface area (Å²) in [5.41, 5.74) is 2.60. The van der Waals surface area contributed by atoms with E-state index in [4.69, 9.17) is 4.42 Å². The van der Waals surface area contributed by atoms with Gasteiger partial charge >= 0.3 is 5.63 Å². The maximum Gasteiger partial charge on any atom is 0.349 e. The highest BCUT2D eigenvalue weighted by Gasteiger charge is 2.24. The second-order valence-corrected chi connectivity index (χ2v) is 8.70. The lowest BCUT2D eigenvalue weighted by atomic mass is 10.1. The number of anilines is 3. The van der Waals surface area contributed by atoms with Gasteiger partial charge in [0, 0.05) is 60.7 Å². The molecule has 1 fully saturated rings. The lowest BCUT2D eigenvalue weighted by Crippen LogP contribution is -2.31. The lowest BCUT2D eigenvalue weighted by Gasteiger charge is -2.22. The van der Waals surface area contributed by atoms with Crippen molar-refractivity contribution >= 4 is 33.9 Å². The Kier molecular flexibility index (Phi) is 6.70. The molecule has 33 heavy (non-hydrogen) atoms. The summed E-state index contributed by atoms with van der Waals surface area (Å²) in [5.74, 6) is -0.472. The Morgan fingerprint density at radius 2 is 1.82 bits per heavy atom. The molecular formula is C26H32N4O3. The third-order valence-electron chi connectivity index (χ3n) is 6.48. The minimum absolute atomic E-state index is 0.00414. The molecule has 2 aromatic carbocycles. The van der Waals surface area contributed by atoms with Crippen LogP contribution in [-0.2, 0) is 0 Å². The highest BCUT2D eigenvalue weighted by Crippen LogP contribution is 2.25. The Morgan fingerprint density at radius 1 is 1.09 bits per heavy atom. The summed E-state index contributed by atoms with van der Waals surface area (Å²) in [6, 6.07) is 15.6. The van der Waals surface area contributed by atoms with Crippen molar-refractivity contribution < 1.29 is 9.21 Å². The van der Waals surface area contributed by atoms with Gasteiger partial charge < -0.3 is 24.4 Å². The van der Waals surface area contributed by atoms with Crippen LogP contribution in [0.2, 0.25) is 0 Å². The van der Waals surface area contributed by atoms with Gasteiger partial charge in [-0.15, -0.1) is 0 Å². The average molecular weight is 449 g/mol. The van der Waals surface area contributed by atoms with E-state index in [1.165, 1.54) is 0 Å². The molecule has 1 aliphatic heterocycles. The molecular weight excluding hydrogens is 416 g/mol. The molecule has 0 radical (unpaired) electrons. The summed E-state index contributed by atoms with van der Waals surface area (Å²) >= 11 is 0. The quantitative estimate of drug-likeness (QED) is 0.551. The number of likely N-dealkylation sites (N-methyl/N-ethyl adjacent to an activating group) is 1. The average Bonchev–Trinajstić information content (AvgIpc) is 3.30. The predicted octanol–water partition coefficient (Wildman–Crippen LogP) is 4.03. The number of benzene rings is 2. The van der Waals surface area contributed by atoms with Crippen LogP contribution >= 0.6 is 0 Å². The second kappa shape index (κ2) is 9.67. The van der Waals surface area contributed by atoms with Gasteiger partial charge in [0.2, 0.25) is 0 Å². The van der Waals surface area contributed by atoms with Crippen molar-refractivity contribution in [1.29, 1.82) is 0 Å². The Balaban J connectivity index is 1.49. The van der Waals surface area contributed by atoms with Crippen LogP contribution in [0, 0.1) is 0 Å². The third-order valence-corrected chi connectivity index (χ3v) is 6.48. The molecule has 7 heteroatoms. The van der Waals surface area contributed by atoms with Gasteiger partial charge in [-0.25, -0.2) is 4.79 Å². The summed E-state index contributed by atoms with van der Waals surface area (Å²) < 4.78 is 5.49. The number of fused-ring (bicyclic) bond motifs is 1. The zero-order chi connectivity index (χ0) is 23.5. The third kappa shape index (κ3) is 4.88. The number of hydrogen-bond acceptors (Lipinski definition) is 6. The zero-order valence-corrected chi connectivity index (χ0v) is 19.8. The molecule has 1 unspecified atom stereocenters. The van der Waals surface area contributed by atoms with Gasteiger partial charge in [0.15, 0.2) is 0 Å². The molecule has 0 bridgehead atoms. The Labute approximate surface area is 194 Å². The molecule has 0 aliphatic carbocycles. The minimum atomic E-state index is -0.639. The lowest BCUT2D eigenvalue weighted by molar-refractivity contribution is 0.102. The fourth-order valence-corrected chi connectivity index (χ4v) is 4.40. The number of amides is 1. The predicted molar refractivity (Wildman–Crippen MR) is 135 cm³/mol. The smallest absolute Gasteiger partial charge is 0.349 e. The molecule has 0 saturated carbocycles. The normalized spacial score (nSPS) is 15.9. The van der Waals surface area contributed by atoms with Crippen LogP contribution in [0.15, 0.2) is 57.7 Å². The number of nitrogens with one attached hydrogen (secondary N) is 1. The van der Waals surface area contributed by atoms with Gasteiger partial charge in [-0.2, -0.15) is 0 Å². The first-order chi connectivity index (χ1) is 15.9. The number of nitrogens with zero attached hydrogens (tertiary/aromatic N) is 3. The van der Waals surface area contributed by atoms with E-state index in [0.29, 0.717) is 17.3 Å². The molecule has 174 valence electrons. The first-order valence-electron chi connectivity index (χ1n) is 11.5. The molecule has 1 atom stereocenters. The van der Waals surface area contributed by atoms with Crippen molar-refractivity contribution in [2.45, 2.75) is 26.3 Å². The first-order valence-corrected chi connectivity index (χ1v) is 11.5. The van der Waals surface area contributed by atoms with E-state index < -0.39 is 11.5 Å². The number of carbonyl (C=O) groups is 1. The van der Waals surface area contributed by atoms with Crippen LogP contribution in [-0.4, -0.2) is 57.1 Å². The molecule has 1 saturated heterocycles. The Bertz CT molecular complexity index is 1180. The summed E-state index contributed by atoms with van der Waals surface area (Å²) in [6.45, 7) is 7.89. The van der Waals surface area contributed by atoms with Crippen molar-refractivity contribution in [3.8, 4) is 0 Å². The summed E-state index contributed by atoms with van der Waals surface area (Å²) in [6.07, 6.45) is 1.14. The van der Waals surface area contributed by atoms with Crippen molar-refractivity contribution in [2.75, 3.05) is 55.4 Å². The van der Waals surface area contributed by atoms with E-state index in [1.54, 1.807) is 6.07 Å². The molecule has 7 nitrogen and oxygen atoms in total. The van der Waals surface area contributed by atoms with Crippen LogP contribution in [0.1, 0.15) is 30.6 Å². The van der Waals surface area contributed by atoms with Gasteiger partial charge in [-0.3, -0.25) is 4.79 Å². The molecule has 2 heterocycles. The number of rotatable bonds is 7. The maximum absolute atomic E-state index is 12.8. The molecule has 1 amide bonds. The Hall–Kier alpha value is -3.32. The monoisotopic (exact) mass is 448 g/mol. The first kappa shape index (κ1) is 22.9. The molecule has 0 spiro atoms. The van der Waals surface area contributed by atoms with Crippen molar-refractivity contribution in [3.05, 3.63) is 64.5 Å². The zero-order valence-electron chi connectivity index (χ0n) is 19.8. The summed E-state index contributed by atoms with van der Waals surface area (Å²) in [4.78, 5) is 32.1. The molecule has 4 rings (SSSR count). The highest BCUT2D eigenvalue weighted by atomic mass is 16.4. The largest absolute Gasteiger partial charge is 0.422 e. The summed E-state index contributed by atoms with van der Waals surface area (Å²) in [5, 5.41) is 3.54. The van der Waals surface area contributed by atoms with Gasteiger partial charge in [0.05, 0.1) is 0 Å². The van der Waals surface area contributed by atoms with Crippen LogP contribution < -0.4 is 20.7 Å². The van der Waals surface area contributed by atoms with Crippen molar-refractivity contribution in [3.63, 3.8) is 0 Å². The number of carbonyl (C=O) groups excluding carboxylic acids is 1. The second-order valence-electron chi connectivity index (χ2n) is 8.70. The van der Waals surface area contributed by atoms with E-state index in [1.807, 2.05) is 42.5 Å². The Morgan fingerprint density at radius 3 is 2.45 bits per heavy atom. The standard InChI is InChI=1S/C26H32N4O3/c1-5-29(6-2)21-10-7-18-15-23(26(32)33-24(18)16-21)25(31)27-19-8-11-20(12-9-19)30-14-13-22(17-30)28(3)4/h7-12,15-16,22H,5-6,13-14,17H2,1-4H3,(H,27,31). The van der Waals surface area contributed by atoms with E-state index in [9.17, 15) is 9.59 Å². The van der Waals surface area contributed by atoms with E-state index in [0.717, 1.165) is 49.4 Å². The van der Waals surface area contributed by atoms with Crippen LogP contribution in [0.3, 0.4) is 0 Å². The van der Waals surface area contributed by atoms with Crippen LogP contribution in [0.5, 0.6) is 0 Å². The molecule has 1 aromatic heterocycles. The van der Waals surface area contributed by atoms with E-state index >= 15 is 0 Å². The number of hydrogen-bond donors (Lipinski definition) is 1. The fourth-order valence-electron chi connectivity index (χ4n) is 4.40. The molecule has 3 aromatic rings.